The standard InChI is InChI=1S/C73H130O17P2/c1-5-9-13-17-21-25-29-31-32-33-34-36-40-42-46-50-54-58-71(76)84-64-69(90-73(78)60-56-52-48-44-38-28-24-20-16-12-8-4)66-88-92(81,82)86-62-67(74)61-85-91(79,80)87-65-68(89-72(77)59-55-51-47-43-37-27-23-19-15-11-7-3)63-83-70(75)57-53-49-45-41-39-35-30-26-22-18-14-10-6-2/h9,13,20-21,24-25,31-32,34,36,42,46,67-69,74H,5-8,10-12,14-19,22-23,26-30,33,35,37-41,43-45,47-66H2,1-4H3,(H,79,80)(H,81,82)/b13-9-,24-20-,25-21-,32-31-,36-34-,46-42-. The average Bonchev–Trinajstić information content (AvgIpc) is 2.31. The molecule has 5 unspecified atom stereocenters. The summed E-state index contributed by atoms with van der Waals surface area (Å²) in [6.07, 6.45) is 63.5. The van der Waals surface area contributed by atoms with Crippen LogP contribution in [0.4, 0.5) is 0 Å². The van der Waals surface area contributed by atoms with E-state index in [1.807, 2.05) is 12.2 Å². The van der Waals surface area contributed by atoms with Crippen LogP contribution in [0.5, 0.6) is 0 Å². The Bertz CT molecular complexity index is 2040. The molecule has 0 amide bonds. The first-order valence-electron chi connectivity index (χ1n) is 36.2. The smallest absolute Gasteiger partial charge is 0.462 e. The van der Waals surface area contributed by atoms with Crippen molar-refractivity contribution in [1.29, 1.82) is 0 Å². The highest BCUT2D eigenvalue weighted by atomic mass is 31.2. The SMILES string of the molecule is CC/C=C\C/C=C\C/C=C\C/C=C\C/C=C\CCCC(=O)OCC(COP(=O)(O)OCC(O)COP(=O)(O)OCC(COC(=O)CCCCCCCCCCCCCCC)OC(=O)CCCCCCCCCCCCC)OC(=O)CCCCCCC/C=C\CCCC. The highest BCUT2D eigenvalue weighted by Crippen LogP contribution is 2.45. The summed E-state index contributed by atoms with van der Waals surface area (Å²) in [6.45, 7) is 4.65. The van der Waals surface area contributed by atoms with Crippen molar-refractivity contribution in [2.24, 2.45) is 0 Å². The lowest BCUT2D eigenvalue weighted by Crippen LogP contribution is -2.30. The number of allylic oxidation sites excluding steroid dienone is 12. The molecule has 0 radical (unpaired) electrons. The Morgan fingerprint density at radius 1 is 0.315 bits per heavy atom. The predicted octanol–water partition coefficient (Wildman–Crippen LogP) is 20.1. The van der Waals surface area contributed by atoms with Crippen LogP contribution in [-0.2, 0) is 65.4 Å². The molecule has 0 aromatic heterocycles. The van der Waals surface area contributed by atoms with Crippen molar-refractivity contribution in [3.63, 3.8) is 0 Å². The molecule has 0 aliphatic carbocycles. The molecular weight excluding hydrogens is 1210 g/mol. The molecule has 534 valence electrons. The molecule has 0 aliphatic heterocycles. The first-order chi connectivity index (χ1) is 44.7. The van der Waals surface area contributed by atoms with Gasteiger partial charge in [0.15, 0.2) is 12.2 Å². The van der Waals surface area contributed by atoms with Gasteiger partial charge >= 0.3 is 39.5 Å². The lowest BCUT2D eigenvalue weighted by atomic mass is 10.0. The van der Waals surface area contributed by atoms with E-state index in [1.54, 1.807) is 0 Å². The van der Waals surface area contributed by atoms with Crippen LogP contribution in [0.1, 0.15) is 310 Å². The molecule has 19 heteroatoms. The van der Waals surface area contributed by atoms with Crippen LogP contribution in [0.3, 0.4) is 0 Å². The van der Waals surface area contributed by atoms with Crippen LogP contribution >= 0.6 is 15.6 Å². The highest BCUT2D eigenvalue weighted by molar-refractivity contribution is 7.47. The molecular formula is C73H130O17P2. The number of hydrogen-bond donors (Lipinski definition) is 3. The number of phosphoric acid groups is 2. The second-order valence-electron chi connectivity index (χ2n) is 24.2. The Labute approximate surface area is 558 Å². The van der Waals surface area contributed by atoms with Gasteiger partial charge in [-0.3, -0.25) is 37.3 Å². The van der Waals surface area contributed by atoms with Crippen molar-refractivity contribution in [1.82, 2.24) is 0 Å². The number of aliphatic hydroxyl groups is 1. The normalized spacial score (nSPS) is 14.5. The minimum Gasteiger partial charge on any atom is -0.462 e. The topological polar surface area (TPSA) is 237 Å². The van der Waals surface area contributed by atoms with Crippen molar-refractivity contribution in [2.45, 2.75) is 329 Å². The Morgan fingerprint density at radius 2 is 0.587 bits per heavy atom. The fraction of sp³-hybridized carbons (Fsp3) is 0.781. The second-order valence-corrected chi connectivity index (χ2v) is 27.1. The molecule has 17 nitrogen and oxygen atoms in total. The van der Waals surface area contributed by atoms with Crippen LogP contribution in [0.2, 0.25) is 0 Å². The van der Waals surface area contributed by atoms with Crippen LogP contribution in [0, 0.1) is 0 Å². The quantitative estimate of drug-likeness (QED) is 0.0169. The number of rotatable bonds is 68. The minimum absolute atomic E-state index is 0.0742. The van der Waals surface area contributed by atoms with Crippen LogP contribution in [0.25, 0.3) is 0 Å². The fourth-order valence-corrected chi connectivity index (χ4v) is 11.2. The van der Waals surface area contributed by atoms with Gasteiger partial charge in [0.05, 0.1) is 26.4 Å². The van der Waals surface area contributed by atoms with Crippen molar-refractivity contribution >= 4 is 39.5 Å². The zero-order valence-electron chi connectivity index (χ0n) is 58.0. The molecule has 0 saturated carbocycles. The summed E-state index contributed by atoms with van der Waals surface area (Å²) in [5, 5.41) is 10.6. The molecule has 0 rings (SSSR count). The number of carbonyl (C=O) groups is 4. The maximum absolute atomic E-state index is 13.0. The number of hydrogen-bond acceptors (Lipinski definition) is 15. The number of unbranched alkanes of at least 4 members (excludes halogenated alkanes) is 30. The van der Waals surface area contributed by atoms with E-state index in [1.165, 1.54) is 109 Å². The summed E-state index contributed by atoms with van der Waals surface area (Å²) >= 11 is 0. The zero-order valence-corrected chi connectivity index (χ0v) is 59.8. The molecule has 5 atom stereocenters. The average molecular weight is 1340 g/mol. The largest absolute Gasteiger partial charge is 0.472 e. The van der Waals surface area contributed by atoms with Gasteiger partial charge in [-0.2, -0.15) is 0 Å². The van der Waals surface area contributed by atoms with Gasteiger partial charge in [-0.05, 0) is 83.5 Å². The number of carbonyl (C=O) groups excluding carboxylic acids is 4. The molecule has 0 aliphatic rings. The lowest BCUT2D eigenvalue weighted by Gasteiger charge is -2.21. The molecule has 0 fully saturated rings. The summed E-state index contributed by atoms with van der Waals surface area (Å²) in [5.41, 5.74) is 0. The van der Waals surface area contributed by atoms with E-state index in [0.29, 0.717) is 32.1 Å². The number of esters is 4. The van der Waals surface area contributed by atoms with E-state index in [-0.39, 0.29) is 25.7 Å². The van der Waals surface area contributed by atoms with Gasteiger partial charge in [-0.25, -0.2) is 9.13 Å². The van der Waals surface area contributed by atoms with Crippen LogP contribution in [0.15, 0.2) is 72.9 Å². The second kappa shape index (κ2) is 66.1. The van der Waals surface area contributed by atoms with Crippen molar-refractivity contribution < 1.29 is 80.2 Å². The lowest BCUT2D eigenvalue weighted by molar-refractivity contribution is -0.161. The monoisotopic (exact) mass is 1340 g/mol. The Kier molecular flexibility index (Phi) is 63.6. The van der Waals surface area contributed by atoms with Gasteiger partial charge in [0.25, 0.3) is 0 Å². The molecule has 0 bridgehead atoms. The first kappa shape index (κ1) is 88.5. The van der Waals surface area contributed by atoms with E-state index in [4.69, 9.17) is 37.0 Å². The fourth-order valence-electron chi connectivity index (χ4n) is 9.65. The summed E-state index contributed by atoms with van der Waals surface area (Å²) in [5.74, 6) is -2.23. The van der Waals surface area contributed by atoms with Crippen LogP contribution in [-0.4, -0.2) is 96.7 Å². The highest BCUT2D eigenvalue weighted by Gasteiger charge is 2.30. The summed E-state index contributed by atoms with van der Waals surface area (Å²) in [7, 11) is -9.94. The van der Waals surface area contributed by atoms with E-state index in [2.05, 4.69) is 88.5 Å². The van der Waals surface area contributed by atoms with E-state index in [0.717, 1.165) is 116 Å². The molecule has 0 heterocycles. The van der Waals surface area contributed by atoms with Gasteiger partial charge in [0, 0.05) is 25.7 Å². The van der Waals surface area contributed by atoms with E-state index < -0.39 is 97.5 Å². The molecule has 92 heavy (non-hydrogen) atoms. The van der Waals surface area contributed by atoms with Gasteiger partial charge in [0.2, 0.25) is 0 Å². The molecule has 0 aromatic rings. The Balaban J connectivity index is 5.32. The zero-order chi connectivity index (χ0) is 67.5. The van der Waals surface area contributed by atoms with Gasteiger partial charge in [0.1, 0.15) is 19.3 Å². The minimum atomic E-state index is -4.98. The van der Waals surface area contributed by atoms with E-state index in [9.17, 15) is 43.2 Å². The molecule has 0 spiro atoms. The third-order valence-electron chi connectivity index (χ3n) is 15.2. The van der Waals surface area contributed by atoms with Crippen LogP contribution < -0.4 is 0 Å². The maximum Gasteiger partial charge on any atom is 0.472 e. The number of phosphoric ester groups is 2. The molecule has 0 saturated heterocycles. The van der Waals surface area contributed by atoms with Gasteiger partial charge < -0.3 is 33.8 Å². The Morgan fingerprint density at radius 3 is 0.957 bits per heavy atom. The molecule has 0 aromatic carbocycles. The van der Waals surface area contributed by atoms with Gasteiger partial charge in [-0.1, -0.05) is 274 Å². The van der Waals surface area contributed by atoms with Crippen molar-refractivity contribution in [2.75, 3.05) is 39.6 Å². The maximum atomic E-state index is 13.0. The van der Waals surface area contributed by atoms with Gasteiger partial charge in [-0.15, -0.1) is 0 Å². The molecule has 3 N–H and O–H groups in total. The summed E-state index contributed by atoms with van der Waals surface area (Å²) < 4.78 is 68.2. The predicted molar refractivity (Wildman–Crippen MR) is 372 cm³/mol. The first-order valence-corrected chi connectivity index (χ1v) is 39.2. The Hall–Kier alpha value is -3.50. The third-order valence-corrected chi connectivity index (χ3v) is 17.1. The van der Waals surface area contributed by atoms with Crippen molar-refractivity contribution in [3.8, 4) is 0 Å². The van der Waals surface area contributed by atoms with Crippen molar-refractivity contribution in [3.05, 3.63) is 72.9 Å². The third kappa shape index (κ3) is 65.2. The summed E-state index contributed by atoms with van der Waals surface area (Å²) in [6, 6.07) is 0. The number of aliphatic hydroxyl groups excluding tert-OH is 1. The summed E-state index contributed by atoms with van der Waals surface area (Å²) in [4.78, 5) is 72.5. The van der Waals surface area contributed by atoms with E-state index >= 15 is 0 Å². The number of ether oxygens (including phenoxy) is 4.